The summed E-state index contributed by atoms with van der Waals surface area (Å²) < 4.78 is 0. The van der Waals surface area contributed by atoms with Crippen molar-refractivity contribution >= 4 is 0 Å². The van der Waals surface area contributed by atoms with E-state index in [1.807, 2.05) is 0 Å². The van der Waals surface area contributed by atoms with Crippen molar-refractivity contribution in [3.05, 3.63) is 0 Å². The SMILES string of the molecule is NC[C@@H](O)CC[C@H](O)CN. The maximum atomic E-state index is 8.93. The van der Waals surface area contributed by atoms with E-state index in [0.717, 1.165) is 0 Å². The topological polar surface area (TPSA) is 92.5 Å². The summed E-state index contributed by atoms with van der Waals surface area (Å²) in [6.45, 7) is 0.495. The van der Waals surface area contributed by atoms with Crippen molar-refractivity contribution in [2.75, 3.05) is 13.1 Å². The normalized spacial score (nSPS) is 16.8. The Balaban J connectivity index is 3.17. The van der Waals surface area contributed by atoms with Crippen molar-refractivity contribution in [3.63, 3.8) is 0 Å². The van der Waals surface area contributed by atoms with Crippen LogP contribution in [0.25, 0.3) is 0 Å². The third-order valence-electron chi connectivity index (χ3n) is 1.38. The molecule has 0 radical (unpaired) electrons. The minimum absolute atomic E-state index is 0.247. The standard InChI is InChI=1S/C6H16N2O2/c7-3-5(9)1-2-6(10)4-8/h5-6,9-10H,1-4,7-8H2/t5-,6-/m0/s1. The van der Waals surface area contributed by atoms with Gasteiger partial charge in [-0.1, -0.05) is 0 Å². The van der Waals surface area contributed by atoms with Crippen LogP contribution in [0.4, 0.5) is 0 Å². The summed E-state index contributed by atoms with van der Waals surface area (Å²) in [5.74, 6) is 0. The van der Waals surface area contributed by atoms with Gasteiger partial charge in [0.1, 0.15) is 0 Å². The van der Waals surface area contributed by atoms with Gasteiger partial charge in [0.25, 0.3) is 0 Å². The summed E-state index contributed by atoms with van der Waals surface area (Å²) in [6, 6.07) is 0. The molecule has 62 valence electrons. The van der Waals surface area contributed by atoms with Gasteiger partial charge in [-0.15, -0.1) is 0 Å². The minimum atomic E-state index is -0.499. The molecule has 6 N–H and O–H groups in total. The van der Waals surface area contributed by atoms with Crippen LogP contribution in [0, 0.1) is 0 Å². The molecule has 0 rings (SSSR count). The zero-order valence-electron chi connectivity index (χ0n) is 6.03. The van der Waals surface area contributed by atoms with Gasteiger partial charge in [-0.05, 0) is 12.8 Å². The molecule has 0 aliphatic carbocycles. The summed E-state index contributed by atoms with van der Waals surface area (Å²) in [6.07, 6.45) is 0.0476. The van der Waals surface area contributed by atoms with E-state index in [9.17, 15) is 0 Å². The molecular weight excluding hydrogens is 132 g/mol. The van der Waals surface area contributed by atoms with Crippen molar-refractivity contribution < 1.29 is 10.2 Å². The summed E-state index contributed by atoms with van der Waals surface area (Å²) in [4.78, 5) is 0. The van der Waals surface area contributed by atoms with Crippen molar-refractivity contribution in [3.8, 4) is 0 Å². The predicted molar refractivity (Wildman–Crippen MR) is 39.4 cm³/mol. The fourth-order valence-corrected chi connectivity index (χ4v) is 0.620. The second kappa shape index (κ2) is 5.61. The van der Waals surface area contributed by atoms with Crippen LogP contribution in [0.1, 0.15) is 12.8 Å². The van der Waals surface area contributed by atoms with Gasteiger partial charge in [0, 0.05) is 13.1 Å². The van der Waals surface area contributed by atoms with Gasteiger partial charge in [0.2, 0.25) is 0 Å². The molecule has 0 heterocycles. The quantitative estimate of drug-likeness (QED) is 0.378. The highest BCUT2D eigenvalue weighted by Crippen LogP contribution is 1.98. The molecule has 0 bridgehead atoms. The Hall–Kier alpha value is -0.160. The number of aliphatic hydroxyl groups is 2. The highest BCUT2D eigenvalue weighted by Gasteiger charge is 2.05. The fourth-order valence-electron chi connectivity index (χ4n) is 0.620. The summed E-state index contributed by atoms with van der Waals surface area (Å²) in [5, 5.41) is 17.9. The first kappa shape index (κ1) is 9.84. The Morgan fingerprint density at radius 2 is 1.20 bits per heavy atom. The number of hydrogen-bond acceptors (Lipinski definition) is 4. The lowest BCUT2D eigenvalue weighted by molar-refractivity contribution is 0.122. The van der Waals surface area contributed by atoms with Gasteiger partial charge in [0.15, 0.2) is 0 Å². The first-order valence-electron chi connectivity index (χ1n) is 3.47. The van der Waals surface area contributed by atoms with Gasteiger partial charge in [-0.3, -0.25) is 0 Å². The molecule has 0 saturated carbocycles. The Labute approximate surface area is 60.8 Å². The minimum Gasteiger partial charge on any atom is -0.392 e. The van der Waals surface area contributed by atoms with Crippen LogP contribution >= 0.6 is 0 Å². The van der Waals surface area contributed by atoms with Crippen molar-refractivity contribution in [2.24, 2.45) is 11.5 Å². The zero-order valence-corrected chi connectivity index (χ0v) is 6.03. The number of aliphatic hydroxyl groups excluding tert-OH is 2. The third-order valence-corrected chi connectivity index (χ3v) is 1.38. The Morgan fingerprint density at radius 3 is 1.40 bits per heavy atom. The van der Waals surface area contributed by atoms with Crippen LogP contribution in [0.15, 0.2) is 0 Å². The lowest BCUT2D eigenvalue weighted by Crippen LogP contribution is -2.25. The van der Waals surface area contributed by atoms with E-state index < -0.39 is 12.2 Å². The molecule has 0 aromatic carbocycles. The molecule has 0 aliphatic heterocycles. The molecule has 2 atom stereocenters. The van der Waals surface area contributed by atoms with Crippen molar-refractivity contribution in [1.82, 2.24) is 0 Å². The number of rotatable bonds is 5. The average molecular weight is 148 g/mol. The van der Waals surface area contributed by atoms with Crippen LogP contribution in [-0.2, 0) is 0 Å². The van der Waals surface area contributed by atoms with Crippen LogP contribution in [0.3, 0.4) is 0 Å². The van der Waals surface area contributed by atoms with Gasteiger partial charge >= 0.3 is 0 Å². The van der Waals surface area contributed by atoms with E-state index in [4.69, 9.17) is 21.7 Å². The van der Waals surface area contributed by atoms with Crippen molar-refractivity contribution in [1.29, 1.82) is 0 Å². The second-order valence-corrected chi connectivity index (χ2v) is 2.36. The first-order valence-corrected chi connectivity index (χ1v) is 3.47. The predicted octanol–water partition coefficient (Wildman–Crippen LogP) is -1.59. The lowest BCUT2D eigenvalue weighted by Gasteiger charge is -2.10. The first-order chi connectivity index (χ1) is 4.70. The van der Waals surface area contributed by atoms with Gasteiger partial charge in [0.05, 0.1) is 12.2 Å². The second-order valence-electron chi connectivity index (χ2n) is 2.36. The lowest BCUT2D eigenvalue weighted by atomic mass is 10.1. The number of nitrogens with two attached hydrogens (primary N) is 2. The van der Waals surface area contributed by atoms with E-state index >= 15 is 0 Å². The molecule has 0 aliphatic rings. The van der Waals surface area contributed by atoms with Crippen LogP contribution in [0.5, 0.6) is 0 Å². The molecule has 0 aromatic rings. The maximum Gasteiger partial charge on any atom is 0.0663 e. The fraction of sp³-hybridized carbons (Fsp3) is 1.00. The van der Waals surface area contributed by atoms with E-state index in [2.05, 4.69) is 0 Å². The molecule has 0 aromatic heterocycles. The molecule has 4 heteroatoms. The Kier molecular flexibility index (Phi) is 5.52. The molecule has 0 spiro atoms. The molecule has 0 unspecified atom stereocenters. The Bertz CT molecular complexity index is 70.1. The molecule has 0 saturated heterocycles. The monoisotopic (exact) mass is 148 g/mol. The molecule has 0 fully saturated rings. The zero-order chi connectivity index (χ0) is 7.98. The van der Waals surface area contributed by atoms with E-state index in [1.54, 1.807) is 0 Å². The summed E-state index contributed by atoms with van der Waals surface area (Å²) in [5.41, 5.74) is 10.3. The highest BCUT2D eigenvalue weighted by atomic mass is 16.3. The van der Waals surface area contributed by atoms with Crippen LogP contribution in [0.2, 0.25) is 0 Å². The highest BCUT2D eigenvalue weighted by molar-refractivity contribution is 4.61. The third kappa shape index (κ3) is 4.69. The van der Waals surface area contributed by atoms with E-state index in [0.29, 0.717) is 12.8 Å². The number of hydrogen-bond donors (Lipinski definition) is 4. The average Bonchev–Trinajstić information content (AvgIpc) is 1.99. The smallest absolute Gasteiger partial charge is 0.0663 e. The maximum absolute atomic E-state index is 8.93. The van der Waals surface area contributed by atoms with E-state index in [1.165, 1.54) is 0 Å². The van der Waals surface area contributed by atoms with Crippen molar-refractivity contribution in [2.45, 2.75) is 25.0 Å². The molecule has 0 amide bonds. The summed E-state index contributed by atoms with van der Waals surface area (Å²) >= 11 is 0. The van der Waals surface area contributed by atoms with Crippen LogP contribution in [-0.4, -0.2) is 35.5 Å². The molecule has 10 heavy (non-hydrogen) atoms. The Morgan fingerprint density at radius 1 is 0.900 bits per heavy atom. The van der Waals surface area contributed by atoms with Crippen LogP contribution < -0.4 is 11.5 Å². The van der Waals surface area contributed by atoms with Gasteiger partial charge < -0.3 is 21.7 Å². The summed E-state index contributed by atoms with van der Waals surface area (Å²) in [7, 11) is 0. The van der Waals surface area contributed by atoms with E-state index in [-0.39, 0.29) is 13.1 Å². The molecular formula is C6H16N2O2. The van der Waals surface area contributed by atoms with Gasteiger partial charge in [-0.25, -0.2) is 0 Å². The molecule has 4 nitrogen and oxygen atoms in total. The van der Waals surface area contributed by atoms with Gasteiger partial charge in [-0.2, -0.15) is 0 Å². The largest absolute Gasteiger partial charge is 0.392 e.